The maximum absolute atomic E-state index is 12.0. The molecule has 20 heavy (non-hydrogen) atoms. The van der Waals surface area contributed by atoms with E-state index in [1.807, 2.05) is 0 Å². The molecule has 0 saturated carbocycles. The number of rotatable bonds is 4. The molecule has 7 heteroatoms. The monoisotopic (exact) mass is 304 g/mol. The van der Waals surface area contributed by atoms with Gasteiger partial charge in [0.05, 0.1) is 0 Å². The lowest BCUT2D eigenvalue weighted by molar-refractivity contribution is -0.130. The average molecular weight is 305 g/mol. The highest BCUT2D eigenvalue weighted by Crippen LogP contribution is 2.18. The maximum atomic E-state index is 12.0. The molecule has 2 rings (SSSR count). The first-order chi connectivity index (χ1) is 8.94. The highest BCUT2D eigenvalue weighted by Gasteiger charge is 2.44. The fourth-order valence-corrected chi connectivity index (χ4v) is 2.81. The van der Waals surface area contributed by atoms with Gasteiger partial charge < -0.3 is 16.0 Å². The lowest BCUT2D eigenvalue weighted by Crippen LogP contribution is -2.44. The van der Waals surface area contributed by atoms with E-state index in [1.54, 1.807) is 13.8 Å². The summed E-state index contributed by atoms with van der Waals surface area (Å²) >= 11 is 0. The highest BCUT2D eigenvalue weighted by molar-refractivity contribution is 6.06. The number of hydrogen-bond acceptors (Lipinski definition) is 4. The van der Waals surface area contributed by atoms with Gasteiger partial charge in [0, 0.05) is 19.6 Å². The molecule has 2 aliphatic heterocycles. The van der Waals surface area contributed by atoms with E-state index in [4.69, 9.17) is 5.73 Å². The number of piperidine rings is 1. The van der Waals surface area contributed by atoms with Crippen molar-refractivity contribution in [3.8, 4) is 0 Å². The minimum Gasteiger partial charge on any atom is -0.330 e. The summed E-state index contributed by atoms with van der Waals surface area (Å²) in [5.41, 5.74) is 4.94. The Labute approximate surface area is 126 Å². The third-order valence-corrected chi connectivity index (χ3v) is 4.02. The molecular weight excluding hydrogens is 280 g/mol. The largest absolute Gasteiger partial charge is 0.330 e. The number of imide groups is 1. The van der Waals surface area contributed by atoms with Gasteiger partial charge in [-0.15, -0.1) is 12.4 Å². The van der Waals surface area contributed by atoms with Crippen molar-refractivity contribution in [3.63, 3.8) is 0 Å². The zero-order chi connectivity index (χ0) is 14.0. The van der Waals surface area contributed by atoms with E-state index >= 15 is 0 Å². The number of carbonyl (C=O) groups excluding carboxylic acids is 2. The lowest BCUT2D eigenvalue weighted by atomic mass is 9.98. The molecule has 0 radical (unpaired) electrons. The molecule has 0 spiro atoms. The number of nitrogens with one attached hydrogen (secondary N) is 1. The SMILES string of the molecule is CC1(C)NC(=O)N(CCN2CCCC(CN)C2)C1=O.Cl. The van der Waals surface area contributed by atoms with Gasteiger partial charge in [0.15, 0.2) is 0 Å². The van der Waals surface area contributed by atoms with Crippen molar-refractivity contribution in [3.05, 3.63) is 0 Å². The molecule has 1 unspecified atom stereocenters. The number of halogens is 1. The topological polar surface area (TPSA) is 78.7 Å². The van der Waals surface area contributed by atoms with E-state index in [2.05, 4.69) is 10.2 Å². The molecule has 2 saturated heterocycles. The van der Waals surface area contributed by atoms with Crippen LogP contribution in [0.1, 0.15) is 26.7 Å². The van der Waals surface area contributed by atoms with Crippen LogP contribution in [0.15, 0.2) is 0 Å². The second-order valence-electron chi connectivity index (χ2n) is 6.06. The molecule has 3 N–H and O–H groups in total. The minimum absolute atomic E-state index is 0. The van der Waals surface area contributed by atoms with Crippen LogP contribution >= 0.6 is 12.4 Å². The van der Waals surface area contributed by atoms with Crippen LogP contribution in [0, 0.1) is 5.92 Å². The summed E-state index contributed by atoms with van der Waals surface area (Å²) in [5, 5.41) is 2.70. The van der Waals surface area contributed by atoms with Gasteiger partial charge in [0.25, 0.3) is 5.91 Å². The molecule has 0 aromatic rings. The van der Waals surface area contributed by atoms with Crippen molar-refractivity contribution < 1.29 is 9.59 Å². The Morgan fingerprint density at radius 1 is 1.35 bits per heavy atom. The van der Waals surface area contributed by atoms with Gasteiger partial charge in [-0.2, -0.15) is 0 Å². The second-order valence-corrected chi connectivity index (χ2v) is 6.06. The number of nitrogens with zero attached hydrogens (tertiary/aromatic N) is 2. The Morgan fingerprint density at radius 3 is 2.60 bits per heavy atom. The van der Waals surface area contributed by atoms with Gasteiger partial charge in [-0.05, 0) is 45.7 Å². The van der Waals surface area contributed by atoms with Crippen molar-refractivity contribution in [2.75, 3.05) is 32.7 Å². The van der Waals surface area contributed by atoms with Crippen LogP contribution in [-0.4, -0.2) is 60.0 Å². The number of urea groups is 1. The van der Waals surface area contributed by atoms with Gasteiger partial charge in [-0.1, -0.05) is 0 Å². The third kappa shape index (κ3) is 3.62. The van der Waals surface area contributed by atoms with Gasteiger partial charge >= 0.3 is 6.03 Å². The van der Waals surface area contributed by atoms with E-state index in [9.17, 15) is 9.59 Å². The van der Waals surface area contributed by atoms with Gasteiger partial charge in [-0.3, -0.25) is 9.69 Å². The fraction of sp³-hybridized carbons (Fsp3) is 0.846. The van der Waals surface area contributed by atoms with Crippen molar-refractivity contribution in [1.29, 1.82) is 0 Å². The van der Waals surface area contributed by atoms with Crippen LogP contribution in [0.5, 0.6) is 0 Å². The molecule has 0 aromatic carbocycles. The molecule has 6 nitrogen and oxygen atoms in total. The number of hydrogen-bond donors (Lipinski definition) is 2. The Kier molecular flexibility index (Phi) is 5.79. The van der Waals surface area contributed by atoms with Crippen LogP contribution in [0.25, 0.3) is 0 Å². The molecule has 0 aromatic heterocycles. The summed E-state index contributed by atoms with van der Waals surface area (Å²) in [4.78, 5) is 27.4. The van der Waals surface area contributed by atoms with Crippen LogP contribution in [-0.2, 0) is 4.79 Å². The first kappa shape index (κ1) is 17.2. The Hall–Kier alpha value is -0.850. The van der Waals surface area contributed by atoms with Crippen molar-refractivity contribution in [2.24, 2.45) is 11.7 Å². The molecule has 1 atom stereocenters. The number of likely N-dealkylation sites (tertiary alicyclic amines) is 1. The smallest absolute Gasteiger partial charge is 0.325 e. The van der Waals surface area contributed by atoms with Gasteiger partial charge in [-0.25, -0.2) is 4.79 Å². The molecular formula is C13H25ClN4O2. The normalized spacial score (nSPS) is 26.4. The molecule has 2 aliphatic rings. The summed E-state index contributed by atoms with van der Waals surface area (Å²) in [7, 11) is 0. The fourth-order valence-electron chi connectivity index (χ4n) is 2.81. The van der Waals surface area contributed by atoms with Crippen LogP contribution < -0.4 is 11.1 Å². The third-order valence-electron chi connectivity index (χ3n) is 4.02. The standard InChI is InChI=1S/C13H24N4O2.ClH/c1-13(2)11(18)17(12(19)15-13)7-6-16-5-3-4-10(8-14)9-16;/h10H,3-9,14H2,1-2H3,(H,15,19);1H. The maximum Gasteiger partial charge on any atom is 0.325 e. The molecule has 3 amide bonds. The highest BCUT2D eigenvalue weighted by atomic mass is 35.5. The molecule has 116 valence electrons. The molecule has 2 heterocycles. The zero-order valence-electron chi connectivity index (χ0n) is 12.2. The minimum atomic E-state index is -0.765. The first-order valence-electron chi connectivity index (χ1n) is 7.00. The molecule has 0 bridgehead atoms. The zero-order valence-corrected chi connectivity index (χ0v) is 13.0. The van der Waals surface area contributed by atoms with E-state index in [-0.39, 0.29) is 24.3 Å². The van der Waals surface area contributed by atoms with Crippen LogP contribution in [0.4, 0.5) is 4.79 Å². The van der Waals surface area contributed by atoms with Crippen molar-refractivity contribution in [1.82, 2.24) is 15.1 Å². The number of carbonyl (C=O) groups is 2. The first-order valence-corrected chi connectivity index (χ1v) is 7.00. The van der Waals surface area contributed by atoms with E-state index in [0.29, 0.717) is 19.0 Å². The predicted octanol–water partition coefficient (Wildman–Crippen LogP) is 0.409. The Bertz CT molecular complexity index is 375. The molecule has 2 fully saturated rings. The van der Waals surface area contributed by atoms with E-state index in [0.717, 1.165) is 26.1 Å². The summed E-state index contributed by atoms with van der Waals surface area (Å²) in [6, 6.07) is -0.276. The van der Waals surface area contributed by atoms with Crippen LogP contribution in [0.2, 0.25) is 0 Å². The quantitative estimate of drug-likeness (QED) is 0.737. The summed E-state index contributed by atoms with van der Waals surface area (Å²) in [6.07, 6.45) is 2.33. The second kappa shape index (κ2) is 6.74. The van der Waals surface area contributed by atoms with E-state index in [1.165, 1.54) is 11.3 Å². The number of nitrogens with two attached hydrogens (primary N) is 1. The molecule has 0 aliphatic carbocycles. The average Bonchev–Trinajstić information content (AvgIpc) is 2.57. The van der Waals surface area contributed by atoms with E-state index < -0.39 is 5.54 Å². The lowest BCUT2D eigenvalue weighted by Gasteiger charge is -2.32. The van der Waals surface area contributed by atoms with Crippen LogP contribution in [0.3, 0.4) is 0 Å². The summed E-state index contributed by atoms with van der Waals surface area (Å²) in [5.74, 6) is 0.415. The van der Waals surface area contributed by atoms with Crippen molar-refractivity contribution in [2.45, 2.75) is 32.2 Å². The van der Waals surface area contributed by atoms with Crippen molar-refractivity contribution >= 4 is 24.3 Å². The van der Waals surface area contributed by atoms with Gasteiger partial charge in [0.2, 0.25) is 0 Å². The Balaban J connectivity index is 0.00000200. The number of amides is 3. The summed E-state index contributed by atoms with van der Waals surface area (Å²) < 4.78 is 0. The van der Waals surface area contributed by atoms with Gasteiger partial charge in [0.1, 0.15) is 5.54 Å². The Morgan fingerprint density at radius 2 is 2.05 bits per heavy atom. The predicted molar refractivity (Wildman–Crippen MR) is 79.8 cm³/mol. The summed E-state index contributed by atoms with van der Waals surface area (Å²) in [6.45, 7) is 7.40.